The molecular formula is C9H11F2NS. The Hall–Kier alpha value is -0.770. The maximum Gasteiger partial charge on any atom is 0.128 e. The summed E-state index contributed by atoms with van der Waals surface area (Å²) in [6, 6.07) is 3.42. The first-order chi connectivity index (χ1) is 6.22. The van der Waals surface area contributed by atoms with Gasteiger partial charge in [0.1, 0.15) is 11.6 Å². The van der Waals surface area contributed by atoms with E-state index in [1.165, 1.54) is 12.1 Å². The predicted octanol–water partition coefficient (Wildman–Crippen LogP) is 2.74. The number of rotatable bonds is 4. The Labute approximate surface area is 80.5 Å². The Bertz CT molecular complexity index is 258. The van der Waals surface area contributed by atoms with Crippen LogP contribution in [0.5, 0.6) is 0 Å². The number of halogens is 2. The van der Waals surface area contributed by atoms with Crippen molar-refractivity contribution in [3.05, 3.63) is 29.8 Å². The Morgan fingerprint density at radius 1 is 1.23 bits per heavy atom. The second-order valence-electron chi connectivity index (χ2n) is 2.58. The van der Waals surface area contributed by atoms with Crippen LogP contribution in [-0.2, 0) is 0 Å². The van der Waals surface area contributed by atoms with Crippen LogP contribution >= 0.6 is 11.8 Å². The van der Waals surface area contributed by atoms with Crippen LogP contribution in [0.4, 0.5) is 14.5 Å². The van der Waals surface area contributed by atoms with Crippen LogP contribution < -0.4 is 5.32 Å². The van der Waals surface area contributed by atoms with Crippen LogP contribution in [0.3, 0.4) is 0 Å². The minimum atomic E-state index is -0.549. The molecule has 1 aromatic carbocycles. The minimum absolute atomic E-state index is 0.492. The third-order valence-electron chi connectivity index (χ3n) is 1.50. The zero-order valence-electron chi connectivity index (χ0n) is 7.31. The third kappa shape index (κ3) is 3.63. The topological polar surface area (TPSA) is 12.0 Å². The van der Waals surface area contributed by atoms with E-state index < -0.39 is 11.6 Å². The zero-order valence-corrected chi connectivity index (χ0v) is 8.13. The summed E-state index contributed by atoms with van der Waals surface area (Å²) >= 11 is 1.68. The molecule has 4 heteroatoms. The highest BCUT2D eigenvalue weighted by atomic mass is 32.2. The van der Waals surface area contributed by atoms with Gasteiger partial charge in [0.05, 0.1) is 0 Å². The molecular weight excluding hydrogens is 192 g/mol. The molecule has 0 aliphatic carbocycles. The van der Waals surface area contributed by atoms with Crippen LogP contribution in [0.2, 0.25) is 0 Å². The number of hydrogen-bond donors (Lipinski definition) is 1. The maximum absolute atomic E-state index is 12.7. The van der Waals surface area contributed by atoms with Gasteiger partial charge < -0.3 is 5.32 Å². The summed E-state index contributed by atoms with van der Waals surface area (Å²) in [4.78, 5) is 0. The Kier molecular flexibility index (Phi) is 4.02. The van der Waals surface area contributed by atoms with Crippen molar-refractivity contribution in [2.75, 3.05) is 23.9 Å². The zero-order chi connectivity index (χ0) is 9.68. The van der Waals surface area contributed by atoms with E-state index in [-0.39, 0.29) is 0 Å². The highest BCUT2D eigenvalue weighted by Crippen LogP contribution is 2.12. The van der Waals surface area contributed by atoms with E-state index in [4.69, 9.17) is 0 Å². The molecule has 0 heterocycles. The molecule has 0 saturated carbocycles. The first kappa shape index (κ1) is 10.3. The molecule has 0 radical (unpaired) electrons. The van der Waals surface area contributed by atoms with Crippen molar-refractivity contribution in [2.45, 2.75) is 0 Å². The van der Waals surface area contributed by atoms with Crippen molar-refractivity contribution in [1.82, 2.24) is 0 Å². The summed E-state index contributed by atoms with van der Waals surface area (Å²) < 4.78 is 25.3. The second kappa shape index (κ2) is 5.07. The van der Waals surface area contributed by atoms with Crippen molar-refractivity contribution in [2.24, 2.45) is 0 Å². The van der Waals surface area contributed by atoms with Gasteiger partial charge in [0.15, 0.2) is 0 Å². The van der Waals surface area contributed by atoms with Crippen LogP contribution in [-0.4, -0.2) is 18.6 Å². The summed E-state index contributed by atoms with van der Waals surface area (Å²) in [5, 5.41) is 2.93. The molecule has 1 aromatic rings. The number of nitrogens with one attached hydrogen (secondary N) is 1. The van der Waals surface area contributed by atoms with Crippen LogP contribution in [0.15, 0.2) is 18.2 Å². The number of anilines is 1. The first-order valence-corrected chi connectivity index (χ1v) is 5.30. The number of thioether (sulfide) groups is 1. The number of hydrogen-bond acceptors (Lipinski definition) is 2. The van der Waals surface area contributed by atoms with Gasteiger partial charge in [0.2, 0.25) is 0 Å². The quantitative estimate of drug-likeness (QED) is 0.755. The summed E-state index contributed by atoms with van der Waals surface area (Å²) in [6.45, 7) is 0.712. The Morgan fingerprint density at radius 2 is 1.85 bits per heavy atom. The lowest BCUT2D eigenvalue weighted by atomic mass is 10.3. The third-order valence-corrected chi connectivity index (χ3v) is 2.11. The fraction of sp³-hybridized carbons (Fsp3) is 0.333. The molecule has 0 spiro atoms. The molecule has 1 nitrogen and oxygen atoms in total. The molecule has 0 fully saturated rings. The van der Waals surface area contributed by atoms with E-state index in [1.807, 2.05) is 6.26 Å². The Morgan fingerprint density at radius 3 is 2.38 bits per heavy atom. The first-order valence-electron chi connectivity index (χ1n) is 3.91. The van der Waals surface area contributed by atoms with E-state index >= 15 is 0 Å². The molecule has 1 rings (SSSR count). The van der Waals surface area contributed by atoms with Crippen LogP contribution in [0.1, 0.15) is 0 Å². The van der Waals surface area contributed by atoms with E-state index in [0.717, 1.165) is 11.8 Å². The van der Waals surface area contributed by atoms with E-state index in [9.17, 15) is 8.78 Å². The standard InChI is InChI=1S/C9H11F2NS/c1-13-3-2-12-9-5-7(10)4-8(11)6-9/h4-6,12H,2-3H2,1H3. The highest BCUT2D eigenvalue weighted by molar-refractivity contribution is 7.98. The minimum Gasteiger partial charge on any atom is -0.384 e. The summed E-state index contributed by atoms with van der Waals surface area (Å²) in [5.74, 6) is -0.184. The maximum atomic E-state index is 12.7. The van der Waals surface area contributed by atoms with Gasteiger partial charge in [-0.15, -0.1) is 0 Å². The Balaban J connectivity index is 2.56. The average Bonchev–Trinajstić information content (AvgIpc) is 2.03. The van der Waals surface area contributed by atoms with Gasteiger partial charge in [0, 0.05) is 24.1 Å². The predicted molar refractivity (Wildman–Crippen MR) is 53.2 cm³/mol. The van der Waals surface area contributed by atoms with E-state index in [1.54, 1.807) is 11.8 Å². The molecule has 0 bridgehead atoms. The summed E-state index contributed by atoms with van der Waals surface area (Å²) in [7, 11) is 0. The second-order valence-corrected chi connectivity index (χ2v) is 3.56. The van der Waals surface area contributed by atoms with Gasteiger partial charge in [-0.2, -0.15) is 11.8 Å². The van der Waals surface area contributed by atoms with Gasteiger partial charge >= 0.3 is 0 Å². The highest BCUT2D eigenvalue weighted by Gasteiger charge is 1.98. The normalized spacial score (nSPS) is 10.1. The fourth-order valence-corrected chi connectivity index (χ4v) is 1.26. The average molecular weight is 203 g/mol. The molecule has 0 unspecified atom stereocenters. The summed E-state index contributed by atoms with van der Waals surface area (Å²) in [6.07, 6.45) is 1.98. The van der Waals surface area contributed by atoms with Gasteiger partial charge in [-0.3, -0.25) is 0 Å². The van der Waals surface area contributed by atoms with Gasteiger partial charge in [-0.05, 0) is 18.4 Å². The van der Waals surface area contributed by atoms with Crippen LogP contribution in [0, 0.1) is 11.6 Å². The SMILES string of the molecule is CSCCNc1cc(F)cc(F)c1. The van der Waals surface area contributed by atoms with Gasteiger partial charge in [-0.1, -0.05) is 0 Å². The molecule has 0 atom stereocenters. The van der Waals surface area contributed by atoms with Crippen molar-refractivity contribution >= 4 is 17.4 Å². The lowest BCUT2D eigenvalue weighted by Gasteiger charge is -2.04. The molecule has 13 heavy (non-hydrogen) atoms. The van der Waals surface area contributed by atoms with Crippen molar-refractivity contribution in [1.29, 1.82) is 0 Å². The molecule has 0 amide bonds. The monoisotopic (exact) mass is 203 g/mol. The lowest BCUT2D eigenvalue weighted by molar-refractivity contribution is 0.584. The van der Waals surface area contributed by atoms with Gasteiger partial charge in [-0.25, -0.2) is 8.78 Å². The molecule has 1 N–H and O–H groups in total. The molecule has 0 saturated heterocycles. The number of benzene rings is 1. The van der Waals surface area contributed by atoms with E-state index in [2.05, 4.69) is 5.32 Å². The van der Waals surface area contributed by atoms with Gasteiger partial charge in [0.25, 0.3) is 0 Å². The molecule has 0 aliphatic heterocycles. The fourth-order valence-electron chi connectivity index (χ4n) is 0.953. The molecule has 0 aliphatic rings. The lowest BCUT2D eigenvalue weighted by Crippen LogP contribution is -2.04. The smallest absolute Gasteiger partial charge is 0.128 e. The van der Waals surface area contributed by atoms with Crippen molar-refractivity contribution < 1.29 is 8.78 Å². The van der Waals surface area contributed by atoms with Crippen LogP contribution in [0.25, 0.3) is 0 Å². The largest absolute Gasteiger partial charge is 0.384 e. The molecule has 72 valence electrons. The van der Waals surface area contributed by atoms with E-state index in [0.29, 0.717) is 12.2 Å². The molecule has 0 aromatic heterocycles. The van der Waals surface area contributed by atoms with Crippen molar-refractivity contribution in [3.8, 4) is 0 Å². The summed E-state index contributed by atoms with van der Waals surface area (Å²) in [5.41, 5.74) is 0.492. The van der Waals surface area contributed by atoms with Crippen molar-refractivity contribution in [3.63, 3.8) is 0 Å².